The van der Waals surface area contributed by atoms with Crippen LogP contribution in [0, 0.1) is 0 Å². The van der Waals surface area contributed by atoms with Gasteiger partial charge in [-0.1, -0.05) is 35.9 Å². The largest absolute Gasteiger partial charge is 0.335 e. The number of piperazine rings is 1. The van der Waals surface area contributed by atoms with Gasteiger partial charge in [0.2, 0.25) is 5.84 Å². The molecule has 2 atom stereocenters. The molecule has 2 unspecified atom stereocenters. The molecule has 3 heterocycles. The Labute approximate surface area is 219 Å². The lowest BCUT2D eigenvalue weighted by Crippen LogP contribution is -2.56. The summed E-state index contributed by atoms with van der Waals surface area (Å²) < 4.78 is 0. The van der Waals surface area contributed by atoms with Crippen molar-refractivity contribution in [3.05, 3.63) is 76.3 Å². The van der Waals surface area contributed by atoms with Crippen LogP contribution in [0.3, 0.4) is 0 Å². The Hall–Kier alpha value is -3.36. The summed E-state index contributed by atoms with van der Waals surface area (Å²) in [6, 6.07) is 15.1. The van der Waals surface area contributed by atoms with Gasteiger partial charge in [0.25, 0.3) is 11.8 Å². The quantitative estimate of drug-likeness (QED) is 0.497. The van der Waals surface area contributed by atoms with Crippen LogP contribution in [0.5, 0.6) is 0 Å². The second kappa shape index (κ2) is 10.7. The smallest absolute Gasteiger partial charge is 0.291 e. The summed E-state index contributed by atoms with van der Waals surface area (Å²) in [6.45, 7) is 3.82. The first-order chi connectivity index (χ1) is 17.5. The van der Waals surface area contributed by atoms with Gasteiger partial charge in [-0.2, -0.15) is 0 Å². The van der Waals surface area contributed by atoms with Gasteiger partial charge >= 0.3 is 0 Å². The molecule has 2 aliphatic rings. The zero-order valence-electron chi connectivity index (χ0n) is 19.9. The number of amidine groups is 1. The van der Waals surface area contributed by atoms with E-state index in [0.29, 0.717) is 36.8 Å². The number of hydrogen-bond acceptors (Lipinski definition) is 6. The van der Waals surface area contributed by atoms with Gasteiger partial charge in [0.1, 0.15) is 5.01 Å². The number of carbonyl (C=O) groups excluding carboxylic acids is 2. The van der Waals surface area contributed by atoms with Crippen LogP contribution in [0.15, 0.2) is 70.1 Å². The molecule has 1 saturated heterocycles. The molecular weight excluding hydrogens is 494 g/mol. The Morgan fingerprint density at radius 2 is 1.94 bits per heavy atom. The van der Waals surface area contributed by atoms with Crippen molar-refractivity contribution < 1.29 is 9.59 Å². The van der Waals surface area contributed by atoms with E-state index in [1.54, 1.807) is 28.6 Å². The highest BCUT2D eigenvalue weighted by Crippen LogP contribution is 2.25. The highest BCUT2D eigenvalue weighted by atomic mass is 35.5. The third-order valence-electron chi connectivity index (χ3n) is 6.51. The van der Waals surface area contributed by atoms with E-state index in [2.05, 4.69) is 15.0 Å². The predicted molar refractivity (Wildman–Crippen MR) is 144 cm³/mol. The maximum atomic E-state index is 13.3. The number of halogens is 1. The van der Waals surface area contributed by atoms with E-state index >= 15 is 0 Å². The lowest BCUT2D eigenvalue weighted by atomic mass is 9.97. The molecule has 0 saturated carbocycles. The van der Waals surface area contributed by atoms with Gasteiger partial charge in [0.05, 0.1) is 0 Å². The van der Waals surface area contributed by atoms with Crippen LogP contribution in [0.4, 0.5) is 0 Å². The van der Waals surface area contributed by atoms with Gasteiger partial charge < -0.3 is 9.80 Å². The molecule has 7 nitrogen and oxygen atoms in total. The molecule has 2 aliphatic heterocycles. The van der Waals surface area contributed by atoms with Crippen molar-refractivity contribution in [1.82, 2.24) is 14.8 Å². The Kier molecular flexibility index (Phi) is 7.25. The van der Waals surface area contributed by atoms with E-state index in [9.17, 15) is 9.59 Å². The molecule has 1 fully saturated rings. The normalized spacial score (nSPS) is 20.1. The Balaban J connectivity index is 1.24. The topological polar surface area (TPSA) is 78.2 Å². The molecule has 2 aromatic carbocycles. The monoisotopic (exact) mass is 519 g/mol. The fraction of sp³-hybridized carbons (Fsp3) is 0.296. The van der Waals surface area contributed by atoms with E-state index in [0.717, 1.165) is 22.6 Å². The minimum Gasteiger partial charge on any atom is -0.335 e. The molecule has 3 aromatic rings. The molecule has 36 heavy (non-hydrogen) atoms. The van der Waals surface area contributed by atoms with E-state index in [1.165, 1.54) is 0 Å². The van der Waals surface area contributed by atoms with Gasteiger partial charge in [-0.3, -0.25) is 14.6 Å². The minimum atomic E-state index is -0.191. The Morgan fingerprint density at radius 1 is 1.08 bits per heavy atom. The summed E-state index contributed by atoms with van der Waals surface area (Å²) in [5.41, 5.74) is 2.62. The third kappa shape index (κ3) is 5.24. The second-order valence-electron chi connectivity index (χ2n) is 8.95. The molecule has 2 amide bonds. The van der Waals surface area contributed by atoms with Gasteiger partial charge in [-0.15, -0.1) is 11.3 Å². The molecule has 0 N–H and O–H groups in total. The third-order valence-corrected chi connectivity index (χ3v) is 7.57. The zero-order chi connectivity index (χ0) is 25.1. The lowest BCUT2D eigenvalue weighted by molar-refractivity contribution is -0.128. The Bertz CT molecular complexity index is 1320. The number of rotatable bonds is 4. The summed E-state index contributed by atoms with van der Waals surface area (Å²) in [4.78, 5) is 43.4. The molecule has 0 spiro atoms. The van der Waals surface area contributed by atoms with Crippen LogP contribution in [0.25, 0.3) is 10.6 Å². The first kappa shape index (κ1) is 24.3. The van der Waals surface area contributed by atoms with E-state index < -0.39 is 0 Å². The predicted octanol–water partition coefficient (Wildman–Crippen LogP) is 4.79. The number of thiazole rings is 1. The highest BCUT2D eigenvalue weighted by Gasteiger charge is 2.32. The van der Waals surface area contributed by atoms with Gasteiger partial charge in [-0.25, -0.2) is 9.98 Å². The summed E-state index contributed by atoms with van der Waals surface area (Å²) in [5, 5.41) is 3.48. The summed E-state index contributed by atoms with van der Waals surface area (Å²) >= 11 is 7.68. The van der Waals surface area contributed by atoms with E-state index in [-0.39, 0.29) is 29.6 Å². The molecule has 184 valence electrons. The van der Waals surface area contributed by atoms with Crippen LogP contribution in [0.1, 0.15) is 35.2 Å². The lowest BCUT2D eigenvalue weighted by Gasteiger charge is -2.39. The average Bonchev–Trinajstić information content (AvgIpc) is 3.32. The molecule has 9 heteroatoms. The highest BCUT2D eigenvalue weighted by molar-refractivity contribution is 7.13. The fourth-order valence-corrected chi connectivity index (χ4v) is 5.44. The van der Waals surface area contributed by atoms with E-state index in [1.807, 2.05) is 65.7 Å². The first-order valence-electron chi connectivity index (χ1n) is 11.9. The Morgan fingerprint density at radius 3 is 2.72 bits per heavy atom. The number of carbonyl (C=O) groups is 2. The van der Waals surface area contributed by atoms with Crippen molar-refractivity contribution in [3.8, 4) is 10.6 Å². The van der Waals surface area contributed by atoms with Crippen molar-refractivity contribution in [2.24, 2.45) is 9.98 Å². The second-order valence-corrected chi connectivity index (χ2v) is 10.3. The first-order valence-corrected chi connectivity index (χ1v) is 13.2. The molecule has 1 aromatic heterocycles. The van der Waals surface area contributed by atoms with Gasteiger partial charge in [-0.05, 0) is 43.2 Å². The standard InChI is InChI=1S/C27H26ClN5O2S/c1-18-17-32(26(34)21-6-2-5-20(14-21)25-30-10-13-36-25)11-12-33(18)27(35)24-29-9-8-22(16-31-24)19-4-3-7-23(28)15-19/h2-7,10,13-16,18,22H,8-9,11-12,17H2,1H3. The van der Waals surface area contributed by atoms with Crippen molar-refractivity contribution >= 4 is 46.8 Å². The van der Waals surface area contributed by atoms with Crippen LogP contribution >= 0.6 is 22.9 Å². The van der Waals surface area contributed by atoms with Crippen LogP contribution in [0.2, 0.25) is 5.02 Å². The number of amides is 2. The van der Waals surface area contributed by atoms with Gasteiger partial charge in [0.15, 0.2) is 0 Å². The van der Waals surface area contributed by atoms with Crippen LogP contribution in [-0.2, 0) is 4.79 Å². The maximum Gasteiger partial charge on any atom is 0.291 e. The van der Waals surface area contributed by atoms with Crippen molar-refractivity contribution in [3.63, 3.8) is 0 Å². The summed E-state index contributed by atoms with van der Waals surface area (Å²) in [7, 11) is 0. The summed E-state index contributed by atoms with van der Waals surface area (Å²) in [6.07, 6.45) is 4.32. The number of hydrogen-bond donors (Lipinski definition) is 0. The number of nitrogens with zero attached hydrogens (tertiary/aromatic N) is 5. The molecule has 0 aliphatic carbocycles. The molecule has 0 radical (unpaired) electrons. The van der Waals surface area contributed by atoms with Crippen molar-refractivity contribution in [1.29, 1.82) is 0 Å². The SMILES string of the molecule is CC1CN(C(=O)c2cccc(-c3nccs3)c2)CCN1C(=O)C1=NCCC(c2cccc(Cl)c2)C=N1. The van der Waals surface area contributed by atoms with Crippen molar-refractivity contribution in [2.75, 3.05) is 26.2 Å². The number of aliphatic imine (C=N–C) groups is 2. The molecule has 0 bridgehead atoms. The maximum absolute atomic E-state index is 13.3. The van der Waals surface area contributed by atoms with Crippen LogP contribution < -0.4 is 0 Å². The molecular formula is C27H26ClN5O2S. The number of benzene rings is 2. The van der Waals surface area contributed by atoms with E-state index in [4.69, 9.17) is 11.6 Å². The zero-order valence-corrected chi connectivity index (χ0v) is 21.5. The van der Waals surface area contributed by atoms with Crippen LogP contribution in [-0.4, -0.2) is 70.9 Å². The molecule has 5 rings (SSSR count). The fourth-order valence-electron chi connectivity index (χ4n) is 4.60. The van der Waals surface area contributed by atoms with Crippen molar-refractivity contribution in [2.45, 2.75) is 25.3 Å². The number of aromatic nitrogens is 1. The summed E-state index contributed by atoms with van der Waals surface area (Å²) in [5.74, 6) is 0.0528. The average molecular weight is 520 g/mol. The van der Waals surface area contributed by atoms with Gasteiger partial charge in [0, 0.05) is 72.1 Å². The minimum absolute atomic E-state index is 0.0402.